The summed E-state index contributed by atoms with van der Waals surface area (Å²) in [5.41, 5.74) is -0.476. The maximum atomic E-state index is 13.8. The molecule has 2 saturated heterocycles. The quantitative estimate of drug-likeness (QED) is 0.570. The molecule has 3 aliphatic heterocycles. The van der Waals surface area contributed by atoms with Crippen LogP contribution in [0.1, 0.15) is 63.5 Å². The van der Waals surface area contributed by atoms with Crippen molar-refractivity contribution in [2.75, 3.05) is 31.1 Å². The van der Waals surface area contributed by atoms with Crippen molar-refractivity contribution in [3.8, 4) is 0 Å². The van der Waals surface area contributed by atoms with Gasteiger partial charge < -0.3 is 14.5 Å². The fourth-order valence-electron chi connectivity index (χ4n) is 8.12. The van der Waals surface area contributed by atoms with Gasteiger partial charge in [0.05, 0.1) is 29.4 Å². The SMILES string of the molecule is CCOC(=O)N1C2CCC3CC(N4CCC5(CC4)CN(C(C)=O)c4c(C(F)(F)F)cccc45)CC321. The number of amides is 2. The van der Waals surface area contributed by atoms with Crippen molar-refractivity contribution in [2.45, 2.75) is 81.6 Å². The van der Waals surface area contributed by atoms with E-state index in [-0.39, 0.29) is 23.2 Å². The topological polar surface area (TPSA) is 52.9 Å². The van der Waals surface area contributed by atoms with Crippen molar-refractivity contribution in [1.29, 1.82) is 0 Å². The number of ether oxygens (including phenoxy) is 1. The summed E-state index contributed by atoms with van der Waals surface area (Å²) in [7, 11) is 0. The molecule has 2 aliphatic carbocycles. The minimum Gasteiger partial charge on any atom is -0.450 e. The Balaban J connectivity index is 1.20. The van der Waals surface area contributed by atoms with Crippen molar-refractivity contribution in [1.82, 2.24) is 9.80 Å². The van der Waals surface area contributed by atoms with Gasteiger partial charge in [-0.3, -0.25) is 9.69 Å². The summed E-state index contributed by atoms with van der Waals surface area (Å²) in [6.07, 6.45) is 0.991. The van der Waals surface area contributed by atoms with Crippen LogP contribution in [-0.2, 0) is 21.1 Å². The highest BCUT2D eigenvalue weighted by atomic mass is 19.4. The van der Waals surface area contributed by atoms with E-state index in [1.54, 1.807) is 6.07 Å². The lowest BCUT2D eigenvalue weighted by atomic mass is 9.73. The maximum Gasteiger partial charge on any atom is 0.418 e. The van der Waals surface area contributed by atoms with Crippen LogP contribution in [0.4, 0.5) is 23.7 Å². The predicted molar refractivity (Wildman–Crippen MR) is 123 cm³/mol. The predicted octanol–water partition coefficient (Wildman–Crippen LogP) is 4.56. The van der Waals surface area contributed by atoms with Gasteiger partial charge in [-0.05, 0) is 76.1 Å². The Morgan fingerprint density at radius 1 is 1.17 bits per heavy atom. The molecule has 2 spiro atoms. The molecule has 4 unspecified atom stereocenters. The zero-order valence-corrected chi connectivity index (χ0v) is 20.2. The maximum absolute atomic E-state index is 13.8. The van der Waals surface area contributed by atoms with Crippen LogP contribution in [0.25, 0.3) is 0 Å². The number of carbonyl (C=O) groups excluding carboxylic acids is 2. The molecule has 2 saturated carbocycles. The van der Waals surface area contributed by atoms with Gasteiger partial charge in [0, 0.05) is 24.9 Å². The normalized spacial score (nSPS) is 33.0. The fraction of sp³-hybridized carbons (Fsp3) is 0.692. The van der Waals surface area contributed by atoms with Gasteiger partial charge in [0.2, 0.25) is 5.91 Å². The lowest BCUT2D eigenvalue weighted by Gasteiger charge is -2.42. The van der Waals surface area contributed by atoms with Gasteiger partial charge in [0.25, 0.3) is 0 Å². The van der Waals surface area contributed by atoms with Crippen molar-refractivity contribution in [3.05, 3.63) is 29.3 Å². The number of hydrogen-bond donors (Lipinski definition) is 0. The number of rotatable bonds is 2. The molecule has 4 atom stereocenters. The minimum atomic E-state index is -4.50. The lowest BCUT2D eigenvalue weighted by Crippen LogP contribution is -2.48. The average molecular weight is 492 g/mol. The van der Waals surface area contributed by atoms with Gasteiger partial charge in [-0.25, -0.2) is 4.79 Å². The summed E-state index contributed by atoms with van der Waals surface area (Å²) in [6.45, 7) is 5.46. The molecule has 5 aliphatic rings. The van der Waals surface area contributed by atoms with Gasteiger partial charge in [-0.2, -0.15) is 13.2 Å². The summed E-state index contributed by atoms with van der Waals surface area (Å²) in [5, 5.41) is 0. The number of nitrogens with zero attached hydrogens (tertiary/aromatic N) is 3. The molecule has 0 radical (unpaired) electrons. The molecule has 0 bridgehead atoms. The van der Waals surface area contributed by atoms with Crippen LogP contribution in [-0.4, -0.2) is 65.7 Å². The van der Waals surface area contributed by atoms with Crippen molar-refractivity contribution in [3.63, 3.8) is 0 Å². The number of halogens is 3. The molecule has 4 fully saturated rings. The largest absolute Gasteiger partial charge is 0.450 e. The van der Waals surface area contributed by atoms with Crippen molar-refractivity contribution >= 4 is 17.7 Å². The standard InChI is InChI=1S/C26H32F3N3O3/c1-3-35-23(34)32-21-8-7-17-13-18(14-25(17,21)32)30-11-9-24(10-12-30)15-31(16(2)33)22-19(24)5-4-6-20(22)26(27,28)29/h4-6,17-18,21H,3,7-15H2,1-2H3. The van der Waals surface area contributed by atoms with Gasteiger partial charge in [-0.15, -0.1) is 0 Å². The summed E-state index contributed by atoms with van der Waals surface area (Å²) in [6, 6.07) is 5.04. The first-order valence-corrected chi connectivity index (χ1v) is 12.8. The highest BCUT2D eigenvalue weighted by Gasteiger charge is 2.75. The molecular formula is C26H32F3N3O3. The molecule has 190 valence electrons. The molecule has 35 heavy (non-hydrogen) atoms. The van der Waals surface area contributed by atoms with Crippen LogP contribution in [0.15, 0.2) is 18.2 Å². The van der Waals surface area contributed by atoms with Crippen molar-refractivity contribution < 1.29 is 27.5 Å². The first kappa shape index (κ1) is 23.1. The third kappa shape index (κ3) is 3.19. The Kier molecular flexibility index (Phi) is 5.03. The second-order valence-corrected chi connectivity index (χ2v) is 11.1. The third-order valence-corrected chi connectivity index (χ3v) is 9.64. The number of hydrogen-bond acceptors (Lipinski definition) is 4. The Bertz CT molecular complexity index is 1070. The zero-order chi connectivity index (χ0) is 24.8. The number of anilines is 1. The van der Waals surface area contributed by atoms with E-state index in [1.807, 2.05) is 11.8 Å². The molecular weight excluding hydrogens is 459 g/mol. The van der Waals surface area contributed by atoms with Gasteiger partial charge in [0.1, 0.15) is 0 Å². The second-order valence-electron chi connectivity index (χ2n) is 11.1. The van der Waals surface area contributed by atoms with E-state index in [0.29, 0.717) is 36.7 Å². The lowest BCUT2D eigenvalue weighted by molar-refractivity contribution is -0.137. The number of likely N-dealkylation sites (tertiary alicyclic amines) is 2. The Morgan fingerprint density at radius 3 is 2.57 bits per heavy atom. The number of fused-ring (bicyclic) bond motifs is 2. The number of para-hydroxylation sites is 1. The molecule has 1 aromatic rings. The second kappa shape index (κ2) is 7.60. The summed E-state index contributed by atoms with van der Waals surface area (Å²) >= 11 is 0. The highest BCUT2D eigenvalue weighted by molar-refractivity contribution is 5.96. The van der Waals surface area contributed by atoms with Gasteiger partial charge in [-0.1, -0.05) is 12.1 Å². The smallest absolute Gasteiger partial charge is 0.418 e. The molecule has 3 heterocycles. The van der Waals surface area contributed by atoms with Crippen LogP contribution < -0.4 is 4.90 Å². The molecule has 2 amide bonds. The fourth-order valence-corrected chi connectivity index (χ4v) is 8.12. The Morgan fingerprint density at radius 2 is 1.91 bits per heavy atom. The van der Waals surface area contributed by atoms with Gasteiger partial charge >= 0.3 is 12.3 Å². The van der Waals surface area contributed by atoms with Crippen LogP contribution >= 0.6 is 0 Å². The van der Waals surface area contributed by atoms with E-state index in [0.717, 1.165) is 57.7 Å². The third-order valence-electron chi connectivity index (χ3n) is 9.64. The van der Waals surface area contributed by atoms with E-state index in [1.165, 1.54) is 17.9 Å². The van der Waals surface area contributed by atoms with Gasteiger partial charge in [0.15, 0.2) is 0 Å². The number of piperidine rings is 2. The Labute approximate surface area is 203 Å². The molecule has 9 heteroatoms. The number of carbonyl (C=O) groups is 2. The van der Waals surface area contributed by atoms with Crippen LogP contribution in [0.5, 0.6) is 0 Å². The monoisotopic (exact) mass is 491 g/mol. The van der Waals surface area contributed by atoms with Crippen LogP contribution in [0.2, 0.25) is 0 Å². The van der Waals surface area contributed by atoms with E-state index < -0.39 is 17.2 Å². The summed E-state index contributed by atoms with van der Waals surface area (Å²) in [4.78, 5) is 30.7. The molecule has 0 N–H and O–H groups in total. The first-order chi connectivity index (χ1) is 16.6. The zero-order valence-electron chi connectivity index (χ0n) is 20.2. The first-order valence-electron chi connectivity index (χ1n) is 12.8. The van der Waals surface area contributed by atoms with Crippen LogP contribution in [0.3, 0.4) is 0 Å². The molecule has 6 nitrogen and oxygen atoms in total. The van der Waals surface area contributed by atoms with E-state index in [9.17, 15) is 22.8 Å². The summed E-state index contributed by atoms with van der Waals surface area (Å²) in [5.74, 6) is 0.163. The Hall–Kier alpha value is -2.29. The van der Waals surface area contributed by atoms with Crippen LogP contribution in [0, 0.1) is 5.92 Å². The molecule has 0 aromatic heterocycles. The number of benzene rings is 1. The van der Waals surface area contributed by atoms with E-state index in [4.69, 9.17) is 4.74 Å². The number of alkyl halides is 3. The highest BCUT2D eigenvalue weighted by Crippen LogP contribution is 2.65. The van der Waals surface area contributed by atoms with E-state index in [2.05, 4.69) is 4.90 Å². The molecule has 1 aromatic carbocycles. The minimum absolute atomic E-state index is 0.0426. The van der Waals surface area contributed by atoms with E-state index >= 15 is 0 Å². The summed E-state index contributed by atoms with van der Waals surface area (Å²) < 4.78 is 46.7. The van der Waals surface area contributed by atoms with Crippen molar-refractivity contribution in [2.24, 2.45) is 5.92 Å². The average Bonchev–Trinajstić information content (AvgIpc) is 3.07. The molecule has 6 rings (SSSR count).